The monoisotopic (exact) mass is 387 g/mol. The molecule has 2 atom stereocenters. The van der Waals surface area contributed by atoms with E-state index in [1.54, 1.807) is 0 Å². The van der Waals surface area contributed by atoms with Crippen molar-refractivity contribution in [3.63, 3.8) is 0 Å². The molecule has 0 spiro atoms. The van der Waals surface area contributed by atoms with Crippen molar-refractivity contribution in [2.75, 3.05) is 6.54 Å². The molecule has 1 saturated heterocycles. The van der Waals surface area contributed by atoms with Crippen LogP contribution in [0, 0.1) is 5.92 Å². The highest BCUT2D eigenvalue weighted by Gasteiger charge is 2.30. The van der Waals surface area contributed by atoms with Gasteiger partial charge in [0, 0.05) is 19.0 Å². The second kappa shape index (κ2) is 8.45. The minimum atomic E-state index is -0.177. The van der Waals surface area contributed by atoms with Gasteiger partial charge in [0.05, 0.1) is 0 Å². The zero-order chi connectivity index (χ0) is 16.8. The number of carbonyl (C=O) groups is 1. The van der Waals surface area contributed by atoms with Gasteiger partial charge in [-0.3, -0.25) is 9.69 Å². The fourth-order valence-corrected chi connectivity index (χ4v) is 3.70. The van der Waals surface area contributed by atoms with Crippen molar-refractivity contribution in [2.24, 2.45) is 5.92 Å². The normalized spacial score (nSPS) is 21.4. The number of hydrogen-bond donors (Lipinski definition) is 0. The molecule has 1 aliphatic rings. The van der Waals surface area contributed by atoms with Gasteiger partial charge < -0.3 is 3.83 Å². The van der Waals surface area contributed by atoms with Crippen LogP contribution in [0.25, 0.3) is 0 Å². The number of carbonyl (C=O) groups excluding carboxylic acids is 1. The molecule has 2 aromatic carbocycles. The van der Waals surface area contributed by atoms with Gasteiger partial charge in [0.15, 0.2) is 16.3 Å². The quantitative estimate of drug-likeness (QED) is 0.731. The second-order valence-corrected chi connectivity index (χ2v) is 6.75. The summed E-state index contributed by atoms with van der Waals surface area (Å²) in [6, 6.07) is 21.5. The molecule has 126 valence electrons. The van der Waals surface area contributed by atoms with Crippen molar-refractivity contribution < 1.29 is 8.62 Å². The van der Waals surface area contributed by atoms with E-state index in [1.807, 2.05) is 6.07 Å². The summed E-state index contributed by atoms with van der Waals surface area (Å²) < 4.78 is 4.68. The van der Waals surface area contributed by atoms with Gasteiger partial charge in [-0.05, 0) is 36.4 Å². The number of piperidine rings is 1. The van der Waals surface area contributed by atoms with Crippen LogP contribution in [0.15, 0.2) is 60.7 Å². The summed E-state index contributed by atoms with van der Waals surface area (Å²) >= 11 is 2.80. The molecule has 3 nitrogen and oxygen atoms in total. The number of nitrogens with zero attached hydrogens (tertiary/aromatic N) is 1. The van der Waals surface area contributed by atoms with Crippen molar-refractivity contribution in [3.8, 4) is 0 Å². The Labute approximate surface area is 152 Å². The molecular weight excluding hydrogens is 366 g/mol. The predicted molar refractivity (Wildman–Crippen MR) is 98.4 cm³/mol. The average Bonchev–Trinajstić information content (AvgIpc) is 2.64. The smallest absolute Gasteiger partial charge is 0.317 e. The summed E-state index contributed by atoms with van der Waals surface area (Å²) in [4.78, 5) is 14.1. The van der Waals surface area contributed by atoms with Crippen LogP contribution in [0.1, 0.15) is 36.4 Å². The van der Waals surface area contributed by atoms with E-state index in [4.69, 9.17) is 0 Å². The summed E-state index contributed by atoms with van der Waals surface area (Å²) in [6.45, 7) is 1.94. The highest BCUT2D eigenvalue weighted by Crippen LogP contribution is 2.36. The number of hydrogen-bond acceptors (Lipinski definition) is 3. The van der Waals surface area contributed by atoms with E-state index in [0.717, 1.165) is 25.9 Å². The minimum Gasteiger partial charge on any atom is -0.384 e. The SMILES string of the molecule is O=C(CC1CCN(Cc2ccccc2)C(c2ccccc2)C1)OBr. The minimum absolute atomic E-state index is 0.177. The first-order valence-corrected chi connectivity index (χ1v) is 9.05. The van der Waals surface area contributed by atoms with Crippen LogP contribution in [0.5, 0.6) is 0 Å². The molecule has 3 rings (SSSR count). The Hall–Kier alpha value is -1.65. The third-order valence-electron chi connectivity index (χ3n) is 4.78. The van der Waals surface area contributed by atoms with Crippen molar-refractivity contribution in [2.45, 2.75) is 31.8 Å². The lowest BCUT2D eigenvalue weighted by Gasteiger charge is -2.39. The van der Waals surface area contributed by atoms with Gasteiger partial charge in [-0.2, -0.15) is 0 Å². The van der Waals surface area contributed by atoms with Gasteiger partial charge >= 0.3 is 5.97 Å². The molecule has 24 heavy (non-hydrogen) atoms. The molecule has 2 aromatic rings. The summed E-state index contributed by atoms with van der Waals surface area (Å²) in [5.74, 6) is 0.190. The molecular formula is C20H22BrNO2. The van der Waals surface area contributed by atoms with Gasteiger partial charge in [-0.25, -0.2) is 0 Å². The highest BCUT2D eigenvalue weighted by atomic mass is 79.9. The van der Waals surface area contributed by atoms with Gasteiger partial charge in [-0.15, -0.1) is 0 Å². The average molecular weight is 388 g/mol. The third kappa shape index (κ3) is 4.46. The Morgan fingerprint density at radius 1 is 1.08 bits per heavy atom. The molecule has 4 heteroatoms. The highest BCUT2D eigenvalue weighted by molar-refractivity contribution is 9.06. The molecule has 0 aliphatic carbocycles. The molecule has 0 bridgehead atoms. The Bertz CT molecular complexity index is 647. The Balaban J connectivity index is 1.76. The molecule has 1 heterocycles. The molecule has 0 aromatic heterocycles. The van der Waals surface area contributed by atoms with Crippen molar-refractivity contribution in [3.05, 3.63) is 71.8 Å². The fourth-order valence-electron chi connectivity index (χ4n) is 3.57. The number of halogens is 1. The lowest BCUT2D eigenvalue weighted by molar-refractivity contribution is -0.134. The number of benzene rings is 2. The molecule has 0 radical (unpaired) electrons. The van der Waals surface area contributed by atoms with Crippen LogP contribution in [0.4, 0.5) is 0 Å². The first kappa shape index (κ1) is 17.2. The number of rotatable bonds is 5. The van der Waals surface area contributed by atoms with Gasteiger partial charge in [-0.1, -0.05) is 60.7 Å². The van der Waals surface area contributed by atoms with Gasteiger partial charge in [0.2, 0.25) is 0 Å². The molecule has 1 aliphatic heterocycles. The van der Waals surface area contributed by atoms with E-state index < -0.39 is 0 Å². The Morgan fingerprint density at radius 3 is 2.42 bits per heavy atom. The first-order chi connectivity index (χ1) is 11.8. The van der Waals surface area contributed by atoms with E-state index in [-0.39, 0.29) is 5.97 Å². The van der Waals surface area contributed by atoms with Crippen molar-refractivity contribution in [1.29, 1.82) is 0 Å². The van der Waals surface area contributed by atoms with Gasteiger partial charge in [0.25, 0.3) is 0 Å². The van der Waals surface area contributed by atoms with Crippen LogP contribution < -0.4 is 0 Å². The van der Waals surface area contributed by atoms with Crippen molar-refractivity contribution in [1.82, 2.24) is 4.90 Å². The van der Waals surface area contributed by atoms with Crippen molar-refractivity contribution >= 4 is 22.2 Å². The second-order valence-electron chi connectivity index (χ2n) is 6.43. The lowest BCUT2D eigenvalue weighted by atomic mass is 9.85. The van der Waals surface area contributed by atoms with Crippen LogP contribution in [-0.4, -0.2) is 17.4 Å². The molecule has 2 unspecified atom stereocenters. The third-order valence-corrected chi connectivity index (χ3v) is 5.14. The van der Waals surface area contributed by atoms with Gasteiger partial charge in [0.1, 0.15) is 0 Å². The largest absolute Gasteiger partial charge is 0.384 e. The van der Waals surface area contributed by atoms with E-state index >= 15 is 0 Å². The number of likely N-dealkylation sites (tertiary alicyclic amines) is 1. The zero-order valence-corrected chi connectivity index (χ0v) is 15.2. The summed E-state index contributed by atoms with van der Waals surface area (Å²) in [5.41, 5.74) is 2.65. The van der Waals surface area contributed by atoms with Crippen LogP contribution in [0.2, 0.25) is 0 Å². The molecule has 1 fully saturated rings. The first-order valence-electron chi connectivity index (χ1n) is 8.40. The van der Waals surface area contributed by atoms with Crippen LogP contribution in [0.3, 0.4) is 0 Å². The summed E-state index contributed by atoms with van der Waals surface area (Å²) in [6.07, 6.45) is 2.49. The fraction of sp³-hybridized carbons (Fsp3) is 0.350. The maximum atomic E-state index is 11.6. The van der Waals surface area contributed by atoms with Crippen LogP contribution in [-0.2, 0) is 15.2 Å². The standard InChI is InChI=1S/C20H22BrNO2/c21-24-20(23)14-17-11-12-22(15-16-7-3-1-4-8-16)19(13-17)18-9-5-2-6-10-18/h1-10,17,19H,11-15H2. The molecule has 0 amide bonds. The predicted octanol–water partition coefficient (Wildman–Crippen LogP) is 4.88. The Morgan fingerprint density at radius 2 is 1.75 bits per heavy atom. The molecule has 0 N–H and O–H groups in total. The van der Waals surface area contributed by atoms with E-state index in [1.165, 1.54) is 11.1 Å². The lowest BCUT2D eigenvalue weighted by Crippen LogP contribution is -2.37. The van der Waals surface area contributed by atoms with E-state index in [9.17, 15) is 4.79 Å². The van der Waals surface area contributed by atoms with E-state index in [2.05, 4.69) is 79.6 Å². The summed E-state index contributed by atoms with van der Waals surface area (Å²) in [5, 5.41) is 0. The molecule has 0 saturated carbocycles. The van der Waals surface area contributed by atoms with E-state index in [0.29, 0.717) is 18.4 Å². The van der Waals surface area contributed by atoms with Crippen LogP contribution >= 0.6 is 16.3 Å². The summed E-state index contributed by atoms with van der Waals surface area (Å²) in [7, 11) is 0. The zero-order valence-electron chi connectivity index (χ0n) is 13.6. The maximum Gasteiger partial charge on any atom is 0.317 e. The topological polar surface area (TPSA) is 29.5 Å². The Kier molecular flexibility index (Phi) is 6.05. The maximum absolute atomic E-state index is 11.6.